The highest BCUT2D eigenvalue weighted by molar-refractivity contribution is 9.10. The minimum atomic E-state index is -4.74. The molecule has 0 aliphatic heterocycles. The molecule has 2 aromatic carbocycles. The molecule has 1 unspecified atom stereocenters. The SMILES string of the molecule is CC.CC(=S)C(NC=S)(c1ccc(OC(F)(F)F)cc1)c1cccc(Br)c1.CCON(C)C. The molecule has 0 radical (unpaired) electrons. The van der Waals surface area contributed by atoms with Crippen LogP contribution < -0.4 is 10.1 Å². The lowest BCUT2D eigenvalue weighted by molar-refractivity contribution is -0.274. The van der Waals surface area contributed by atoms with Crippen molar-refractivity contribution in [1.82, 2.24) is 10.4 Å². The Morgan fingerprint density at radius 3 is 2.03 bits per heavy atom. The average molecular weight is 568 g/mol. The van der Waals surface area contributed by atoms with Crippen molar-refractivity contribution in [3.63, 3.8) is 0 Å². The second-order valence-electron chi connectivity index (χ2n) is 6.38. The first-order valence-corrected chi connectivity index (χ1v) is 11.8. The molecule has 1 N–H and O–H groups in total. The topological polar surface area (TPSA) is 33.7 Å². The van der Waals surface area contributed by atoms with Crippen molar-refractivity contribution in [1.29, 1.82) is 0 Å². The molecule has 0 saturated carbocycles. The maximum Gasteiger partial charge on any atom is 0.573 e. The smallest absolute Gasteiger partial charge is 0.406 e. The van der Waals surface area contributed by atoms with Gasteiger partial charge in [0.05, 0.1) is 12.1 Å². The number of nitrogens with one attached hydrogen (secondary N) is 1. The molecule has 2 aromatic rings. The Bertz CT molecular complexity index is 866. The van der Waals surface area contributed by atoms with E-state index in [0.29, 0.717) is 10.4 Å². The van der Waals surface area contributed by atoms with E-state index >= 15 is 0 Å². The van der Waals surface area contributed by atoms with Crippen LogP contribution in [0.4, 0.5) is 13.2 Å². The number of hydrogen-bond donors (Lipinski definition) is 1. The highest BCUT2D eigenvalue weighted by atomic mass is 79.9. The van der Waals surface area contributed by atoms with Crippen LogP contribution in [0.3, 0.4) is 0 Å². The van der Waals surface area contributed by atoms with Gasteiger partial charge in [0.2, 0.25) is 0 Å². The lowest BCUT2D eigenvalue weighted by atomic mass is 9.80. The van der Waals surface area contributed by atoms with E-state index < -0.39 is 11.9 Å². The molecule has 184 valence electrons. The molecule has 0 fully saturated rings. The van der Waals surface area contributed by atoms with Crippen molar-refractivity contribution in [2.45, 2.75) is 39.6 Å². The Morgan fingerprint density at radius 2 is 1.67 bits per heavy atom. The predicted molar refractivity (Wildman–Crippen MR) is 140 cm³/mol. The van der Waals surface area contributed by atoms with Gasteiger partial charge in [-0.2, -0.15) is 5.06 Å². The monoisotopic (exact) mass is 566 g/mol. The number of alkyl halides is 3. The quantitative estimate of drug-likeness (QED) is 0.272. The van der Waals surface area contributed by atoms with Crippen molar-refractivity contribution in [2.75, 3.05) is 20.7 Å². The summed E-state index contributed by atoms with van der Waals surface area (Å²) in [6.45, 7) is 8.47. The van der Waals surface area contributed by atoms with Crippen LogP contribution in [0.1, 0.15) is 38.8 Å². The van der Waals surface area contributed by atoms with E-state index in [0.717, 1.165) is 16.6 Å². The van der Waals surface area contributed by atoms with E-state index in [1.54, 1.807) is 12.0 Å². The zero-order chi connectivity index (χ0) is 25.7. The molecule has 33 heavy (non-hydrogen) atoms. The van der Waals surface area contributed by atoms with E-state index in [4.69, 9.17) is 29.3 Å². The first kappa shape index (κ1) is 31.4. The minimum Gasteiger partial charge on any atom is -0.406 e. The van der Waals surface area contributed by atoms with Crippen LogP contribution in [-0.4, -0.2) is 42.5 Å². The zero-order valence-electron chi connectivity index (χ0n) is 19.5. The molecular weight excluding hydrogens is 537 g/mol. The van der Waals surface area contributed by atoms with E-state index in [-0.39, 0.29) is 5.75 Å². The Kier molecular flexibility index (Phi) is 14.6. The summed E-state index contributed by atoms with van der Waals surface area (Å²) in [5.41, 5.74) is 1.85. The number of thiocarbonyl (C=S) groups is 2. The lowest BCUT2D eigenvalue weighted by Crippen LogP contribution is -2.47. The van der Waals surface area contributed by atoms with Gasteiger partial charge in [-0.15, -0.1) is 13.2 Å². The van der Waals surface area contributed by atoms with Gasteiger partial charge in [0.15, 0.2) is 0 Å². The Balaban J connectivity index is 0.00000111. The van der Waals surface area contributed by atoms with Crippen molar-refractivity contribution in [3.05, 3.63) is 64.1 Å². The third-order valence-electron chi connectivity index (χ3n) is 3.97. The molecule has 10 heteroatoms. The van der Waals surface area contributed by atoms with Gasteiger partial charge in [-0.25, -0.2) is 0 Å². The third kappa shape index (κ3) is 10.5. The predicted octanol–water partition coefficient (Wildman–Crippen LogP) is 7.05. The molecule has 0 aliphatic carbocycles. The summed E-state index contributed by atoms with van der Waals surface area (Å²) in [6, 6.07) is 13.0. The maximum absolute atomic E-state index is 12.4. The number of nitrogens with zero attached hydrogens (tertiary/aromatic N) is 1. The zero-order valence-corrected chi connectivity index (χ0v) is 22.7. The van der Waals surface area contributed by atoms with Gasteiger partial charge in [-0.05, 0) is 49.2 Å². The summed E-state index contributed by atoms with van der Waals surface area (Å²) in [7, 11) is 3.73. The highest BCUT2D eigenvalue weighted by Crippen LogP contribution is 2.34. The number of rotatable bonds is 8. The molecule has 0 aromatic heterocycles. The van der Waals surface area contributed by atoms with Gasteiger partial charge in [0, 0.05) is 23.4 Å². The van der Waals surface area contributed by atoms with Crippen molar-refractivity contribution in [2.24, 2.45) is 0 Å². The van der Waals surface area contributed by atoms with E-state index in [1.165, 1.54) is 29.8 Å². The number of hydrogen-bond acceptors (Lipinski definition) is 5. The first-order chi connectivity index (χ1) is 15.5. The van der Waals surface area contributed by atoms with Gasteiger partial charge >= 0.3 is 6.36 Å². The van der Waals surface area contributed by atoms with Gasteiger partial charge in [-0.3, -0.25) is 4.84 Å². The second-order valence-corrected chi connectivity index (χ2v) is 8.14. The number of halogens is 4. The fraction of sp³-hybridized carbons (Fsp3) is 0.391. The van der Waals surface area contributed by atoms with E-state index in [1.807, 2.05) is 59.1 Å². The summed E-state index contributed by atoms with van der Waals surface area (Å²) >= 11 is 13.9. The van der Waals surface area contributed by atoms with Gasteiger partial charge in [-0.1, -0.05) is 78.5 Å². The molecule has 0 saturated heterocycles. The number of hydroxylamine groups is 2. The summed E-state index contributed by atoms with van der Waals surface area (Å²) < 4.78 is 41.8. The fourth-order valence-corrected chi connectivity index (χ4v) is 3.69. The van der Waals surface area contributed by atoms with Crippen LogP contribution >= 0.6 is 40.4 Å². The second kappa shape index (κ2) is 15.3. The van der Waals surface area contributed by atoms with Crippen molar-refractivity contribution in [3.8, 4) is 5.75 Å². The molecule has 2 rings (SSSR count). The lowest BCUT2D eigenvalue weighted by Gasteiger charge is -2.35. The third-order valence-corrected chi connectivity index (χ3v) is 4.89. The largest absolute Gasteiger partial charge is 0.573 e. The van der Waals surface area contributed by atoms with Crippen LogP contribution in [0.25, 0.3) is 0 Å². The fourth-order valence-electron chi connectivity index (χ4n) is 2.82. The Labute approximate surface area is 213 Å². The normalized spacial score (nSPS) is 12.3. The maximum atomic E-state index is 12.4. The molecule has 0 spiro atoms. The van der Waals surface area contributed by atoms with Crippen LogP contribution in [0.2, 0.25) is 0 Å². The van der Waals surface area contributed by atoms with Crippen LogP contribution in [0.15, 0.2) is 53.0 Å². The van der Waals surface area contributed by atoms with E-state index in [2.05, 4.69) is 26.0 Å². The van der Waals surface area contributed by atoms with Gasteiger partial charge < -0.3 is 10.1 Å². The minimum absolute atomic E-state index is 0.302. The number of ether oxygens (including phenoxy) is 1. The molecular formula is C23H30BrF3N2O2S2. The summed E-state index contributed by atoms with van der Waals surface area (Å²) in [5.74, 6) is -0.302. The van der Waals surface area contributed by atoms with Crippen LogP contribution in [0.5, 0.6) is 5.75 Å². The van der Waals surface area contributed by atoms with Crippen LogP contribution in [0, 0.1) is 0 Å². The molecule has 0 heterocycles. The average Bonchev–Trinajstić information content (AvgIpc) is 2.73. The molecule has 0 aliphatic rings. The Morgan fingerprint density at radius 1 is 1.09 bits per heavy atom. The van der Waals surface area contributed by atoms with Crippen LogP contribution in [-0.2, 0) is 10.4 Å². The molecule has 4 nitrogen and oxygen atoms in total. The van der Waals surface area contributed by atoms with Crippen molar-refractivity contribution >= 4 is 50.7 Å². The van der Waals surface area contributed by atoms with Gasteiger partial charge in [0.1, 0.15) is 11.3 Å². The Hall–Kier alpha value is -1.59. The van der Waals surface area contributed by atoms with Gasteiger partial charge in [0.25, 0.3) is 0 Å². The number of benzene rings is 2. The molecule has 1 atom stereocenters. The standard InChI is InChI=1S/C17H13BrF3NOS2.C4H11NO.C2H6/c1-11(25)16(22-10-24,13-3-2-4-14(18)9-13)12-5-7-15(8-6-12)23-17(19,20)21;1-4-6-5(2)3;1-2/h2-10H,1H3,(H,22,24);4H2,1-3H3;1-2H3. The molecule has 0 bridgehead atoms. The first-order valence-electron chi connectivity index (χ1n) is 10.1. The summed E-state index contributed by atoms with van der Waals surface area (Å²) in [6.07, 6.45) is -4.74. The molecule has 0 amide bonds. The van der Waals surface area contributed by atoms with Crippen molar-refractivity contribution < 1.29 is 22.7 Å². The van der Waals surface area contributed by atoms with E-state index in [9.17, 15) is 13.2 Å². The highest BCUT2D eigenvalue weighted by Gasteiger charge is 2.36. The summed E-state index contributed by atoms with van der Waals surface area (Å²) in [5, 5.41) is 4.77. The summed E-state index contributed by atoms with van der Waals surface area (Å²) in [4.78, 5) is 5.44.